The molecule has 0 saturated carbocycles. The molecule has 0 spiro atoms. The lowest BCUT2D eigenvalue weighted by molar-refractivity contribution is 0.128. The van der Waals surface area contributed by atoms with Crippen LogP contribution in [0.2, 0.25) is 0 Å². The number of allylic oxidation sites excluding steroid dienone is 2. The molecule has 1 aliphatic heterocycles. The highest BCUT2D eigenvalue weighted by molar-refractivity contribution is 6.09. The van der Waals surface area contributed by atoms with Gasteiger partial charge in [-0.25, -0.2) is 4.99 Å². The van der Waals surface area contributed by atoms with Crippen LogP contribution in [-0.2, 0) is 0 Å². The Bertz CT molecular complexity index is 561. The molecule has 0 aromatic heterocycles. The SMILES string of the molecule is C=C(C#N)/N=C/C(=C)c1ccc(C2CCN2C)cc1. The zero-order valence-corrected chi connectivity index (χ0v) is 11.1. The molecular weight excluding hydrogens is 234 g/mol. The second-order valence-electron chi connectivity index (χ2n) is 4.75. The molecule has 1 aromatic rings. The maximum Gasteiger partial charge on any atom is 0.133 e. The highest BCUT2D eigenvalue weighted by Crippen LogP contribution is 2.31. The molecule has 1 unspecified atom stereocenters. The Balaban J connectivity index is 2.06. The van der Waals surface area contributed by atoms with Gasteiger partial charge in [-0.15, -0.1) is 0 Å². The van der Waals surface area contributed by atoms with Gasteiger partial charge in [0.05, 0.1) is 0 Å². The maximum absolute atomic E-state index is 8.58. The van der Waals surface area contributed by atoms with E-state index >= 15 is 0 Å². The second kappa shape index (κ2) is 5.64. The van der Waals surface area contributed by atoms with Gasteiger partial charge in [-0.3, -0.25) is 4.90 Å². The van der Waals surface area contributed by atoms with Gasteiger partial charge < -0.3 is 0 Å². The monoisotopic (exact) mass is 251 g/mol. The summed E-state index contributed by atoms with van der Waals surface area (Å²) in [6.07, 6.45) is 2.80. The first-order valence-corrected chi connectivity index (χ1v) is 6.24. The van der Waals surface area contributed by atoms with Crippen molar-refractivity contribution < 1.29 is 0 Å². The molecular formula is C16H17N3. The van der Waals surface area contributed by atoms with Gasteiger partial charge in [0, 0.05) is 18.8 Å². The Morgan fingerprint density at radius 2 is 2.11 bits per heavy atom. The van der Waals surface area contributed by atoms with Crippen LogP contribution in [0.1, 0.15) is 23.6 Å². The van der Waals surface area contributed by atoms with Crippen LogP contribution in [0.4, 0.5) is 0 Å². The first kappa shape index (κ1) is 13.3. The van der Waals surface area contributed by atoms with Crippen molar-refractivity contribution in [1.82, 2.24) is 4.90 Å². The third kappa shape index (κ3) is 2.98. The molecule has 0 bridgehead atoms. The molecule has 1 fully saturated rings. The van der Waals surface area contributed by atoms with Gasteiger partial charge >= 0.3 is 0 Å². The van der Waals surface area contributed by atoms with E-state index in [0.717, 1.165) is 11.1 Å². The van der Waals surface area contributed by atoms with Crippen molar-refractivity contribution in [2.24, 2.45) is 4.99 Å². The minimum Gasteiger partial charge on any atom is -0.299 e. The van der Waals surface area contributed by atoms with Crippen LogP contribution in [0.25, 0.3) is 5.57 Å². The summed E-state index contributed by atoms with van der Waals surface area (Å²) in [5, 5.41) is 8.58. The number of nitrogens with zero attached hydrogens (tertiary/aromatic N) is 3. The third-order valence-corrected chi connectivity index (χ3v) is 3.46. The van der Waals surface area contributed by atoms with Gasteiger partial charge in [-0.05, 0) is 30.2 Å². The molecule has 1 aliphatic rings. The lowest BCUT2D eigenvalue weighted by Crippen LogP contribution is -2.37. The topological polar surface area (TPSA) is 39.4 Å². The molecule has 19 heavy (non-hydrogen) atoms. The van der Waals surface area contributed by atoms with E-state index < -0.39 is 0 Å². The Kier molecular flexibility index (Phi) is 3.94. The zero-order valence-electron chi connectivity index (χ0n) is 11.1. The highest BCUT2D eigenvalue weighted by atomic mass is 15.2. The molecule has 2 rings (SSSR count). The van der Waals surface area contributed by atoms with E-state index in [0.29, 0.717) is 6.04 Å². The molecule has 1 aromatic carbocycles. The second-order valence-corrected chi connectivity index (χ2v) is 4.75. The summed E-state index contributed by atoms with van der Waals surface area (Å²) < 4.78 is 0. The number of aliphatic imine (C=N–C) groups is 1. The smallest absolute Gasteiger partial charge is 0.133 e. The van der Waals surface area contributed by atoms with Gasteiger partial charge in [0.15, 0.2) is 0 Å². The maximum atomic E-state index is 8.58. The number of hydrogen-bond donors (Lipinski definition) is 0. The first-order valence-electron chi connectivity index (χ1n) is 6.24. The molecule has 3 heteroatoms. The number of nitriles is 1. The first-order chi connectivity index (χ1) is 9.11. The molecule has 1 heterocycles. The fraction of sp³-hybridized carbons (Fsp3) is 0.250. The number of likely N-dealkylation sites (tertiary alicyclic amines) is 1. The summed E-state index contributed by atoms with van der Waals surface area (Å²) in [5.74, 6) is 0. The number of rotatable bonds is 4. The average Bonchev–Trinajstić information content (AvgIpc) is 2.43. The number of hydrogen-bond acceptors (Lipinski definition) is 3. The summed E-state index contributed by atoms with van der Waals surface area (Å²) in [6.45, 7) is 8.61. The summed E-state index contributed by atoms with van der Waals surface area (Å²) >= 11 is 0. The summed E-state index contributed by atoms with van der Waals surface area (Å²) in [4.78, 5) is 6.26. The third-order valence-electron chi connectivity index (χ3n) is 3.46. The quantitative estimate of drug-likeness (QED) is 0.609. The van der Waals surface area contributed by atoms with Crippen molar-refractivity contribution in [2.75, 3.05) is 13.6 Å². The van der Waals surface area contributed by atoms with Crippen molar-refractivity contribution in [3.63, 3.8) is 0 Å². The highest BCUT2D eigenvalue weighted by Gasteiger charge is 2.25. The Hall–Kier alpha value is -2.18. The van der Waals surface area contributed by atoms with Gasteiger partial charge in [0.25, 0.3) is 0 Å². The van der Waals surface area contributed by atoms with Crippen LogP contribution in [0.15, 0.2) is 48.1 Å². The molecule has 0 amide bonds. The molecule has 1 atom stereocenters. The standard InChI is InChI=1S/C16H17N3/c1-12(11-18-13(2)10-17)14-4-6-15(7-5-14)16-8-9-19(16)3/h4-7,11,16H,1-2,8-9H2,3H3/b18-11+. The Morgan fingerprint density at radius 3 is 2.58 bits per heavy atom. The fourth-order valence-corrected chi connectivity index (χ4v) is 2.12. The van der Waals surface area contributed by atoms with Crippen LogP contribution in [0.3, 0.4) is 0 Å². The summed E-state index contributed by atoms with van der Waals surface area (Å²) in [6, 6.07) is 10.8. The van der Waals surface area contributed by atoms with Crippen LogP contribution < -0.4 is 0 Å². The predicted molar refractivity (Wildman–Crippen MR) is 78.7 cm³/mol. The zero-order chi connectivity index (χ0) is 13.8. The van der Waals surface area contributed by atoms with Crippen molar-refractivity contribution in [3.8, 4) is 6.07 Å². The van der Waals surface area contributed by atoms with Crippen molar-refractivity contribution >= 4 is 11.8 Å². The van der Waals surface area contributed by atoms with E-state index in [1.165, 1.54) is 18.5 Å². The summed E-state index contributed by atoms with van der Waals surface area (Å²) in [7, 11) is 2.14. The van der Waals surface area contributed by atoms with E-state index in [2.05, 4.69) is 42.2 Å². The minimum atomic E-state index is 0.189. The van der Waals surface area contributed by atoms with Crippen molar-refractivity contribution in [2.45, 2.75) is 12.5 Å². The molecule has 0 aliphatic carbocycles. The van der Waals surface area contributed by atoms with Gasteiger partial charge in [-0.1, -0.05) is 37.4 Å². The van der Waals surface area contributed by atoms with Crippen LogP contribution in [0.5, 0.6) is 0 Å². The minimum absolute atomic E-state index is 0.189. The molecule has 3 nitrogen and oxygen atoms in total. The number of benzene rings is 1. The average molecular weight is 251 g/mol. The largest absolute Gasteiger partial charge is 0.299 e. The van der Waals surface area contributed by atoms with E-state index in [1.807, 2.05) is 18.2 Å². The molecule has 0 N–H and O–H groups in total. The van der Waals surface area contributed by atoms with Gasteiger partial charge in [0.1, 0.15) is 11.8 Å². The molecule has 96 valence electrons. The summed E-state index contributed by atoms with van der Waals surface area (Å²) in [5.41, 5.74) is 3.32. The van der Waals surface area contributed by atoms with E-state index in [1.54, 1.807) is 6.21 Å². The van der Waals surface area contributed by atoms with Crippen LogP contribution in [0, 0.1) is 11.3 Å². The Morgan fingerprint density at radius 1 is 1.42 bits per heavy atom. The van der Waals surface area contributed by atoms with E-state index in [-0.39, 0.29) is 5.70 Å². The predicted octanol–water partition coefficient (Wildman–Crippen LogP) is 3.18. The van der Waals surface area contributed by atoms with Crippen molar-refractivity contribution in [3.05, 3.63) is 54.2 Å². The van der Waals surface area contributed by atoms with Crippen LogP contribution >= 0.6 is 0 Å². The van der Waals surface area contributed by atoms with E-state index in [4.69, 9.17) is 5.26 Å². The van der Waals surface area contributed by atoms with Crippen molar-refractivity contribution in [1.29, 1.82) is 5.26 Å². The molecule has 0 radical (unpaired) electrons. The fourth-order valence-electron chi connectivity index (χ4n) is 2.12. The lowest BCUT2D eigenvalue weighted by atomic mass is 9.94. The Labute approximate surface area is 114 Å². The lowest BCUT2D eigenvalue weighted by Gasteiger charge is -2.38. The van der Waals surface area contributed by atoms with Gasteiger partial charge in [0.2, 0.25) is 0 Å². The molecule has 1 saturated heterocycles. The van der Waals surface area contributed by atoms with E-state index in [9.17, 15) is 0 Å². The van der Waals surface area contributed by atoms with Crippen LogP contribution in [-0.4, -0.2) is 24.7 Å². The van der Waals surface area contributed by atoms with Gasteiger partial charge in [-0.2, -0.15) is 5.26 Å². The normalized spacial score (nSPS) is 18.8.